The summed E-state index contributed by atoms with van der Waals surface area (Å²) in [6, 6.07) is 3.41. The minimum Gasteiger partial charge on any atom is -0.481 e. The maximum Gasteiger partial charge on any atom is 0.339 e. The number of methoxy groups -OCH3 is 1. The van der Waals surface area contributed by atoms with Gasteiger partial charge >= 0.3 is 5.97 Å². The Morgan fingerprint density at radius 2 is 2.11 bits per heavy atom. The van der Waals surface area contributed by atoms with Crippen LogP contribution in [0.15, 0.2) is 12.1 Å². The molecule has 2 rings (SSSR count). The maximum atomic E-state index is 11.1. The lowest BCUT2D eigenvalue weighted by Crippen LogP contribution is -2.24. The highest BCUT2D eigenvalue weighted by Gasteiger charge is 2.18. The minimum atomic E-state index is -0.969. The van der Waals surface area contributed by atoms with Crippen molar-refractivity contribution in [2.45, 2.75) is 38.1 Å². The van der Waals surface area contributed by atoms with Crippen LogP contribution in [0, 0.1) is 0 Å². The average molecular weight is 250 g/mol. The minimum absolute atomic E-state index is 0.196. The molecule has 1 aliphatic rings. The Bertz CT molecular complexity index is 428. The molecule has 0 atom stereocenters. The van der Waals surface area contributed by atoms with Crippen molar-refractivity contribution in [2.24, 2.45) is 0 Å². The monoisotopic (exact) mass is 250 g/mol. The number of carbonyl (C=O) groups is 1. The Hall–Kier alpha value is -1.78. The second-order valence-corrected chi connectivity index (χ2v) is 4.53. The summed E-state index contributed by atoms with van der Waals surface area (Å²) in [6.45, 7) is 0. The number of carboxylic acids is 1. The van der Waals surface area contributed by atoms with E-state index >= 15 is 0 Å². The largest absolute Gasteiger partial charge is 0.481 e. The Labute approximate surface area is 106 Å². The van der Waals surface area contributed by atoms with E-state index < -0.39 is 5.97 Å². The van der Waals surface area contributed by atoms with Crippen molar-refractivity contribution in [3.05, 3.63) is 17.7 Å². The first-order chi connectivity index (χ1) is 8.70. The van der Waals surface area contributed by atoms with Crippen LogP contribution >= 0.6 is 0 Å². The first kappa shape index (κ1) is 12.7. The van der Waals surface area contributed by atoms with Crippen LogP contribution in [0.4, 0.5) is 5.82 Å². The van der Waals surface area contributed by atoms with Gasteiger partial charge in [0.1, 0.15) is 11.4 Å². The molecule has 0 saturated heterocycles. The van der Waals surface area contributed by atoms with Crippen LogP contribution in [0.25, 0.3) is 0 Å². The summed E-state index contributed by atoms with van der Waals surface area (Å²) in [5, 5.41) is 12.4. The van der Waals surface area contributed by atoms with E-state index in [0.29, 0.717) is 17.7 Å². The third kappa shape index (κ3) is 2.91. The highest BCUT2D eigenvalue weighted by Crippen LogP contribution is 2.24. The van der Waals surface area contributed by atoms with Gasteiger partial charge in [-0.15, -0.1) is 0 Å². The number of aromatic nitrogens is 1. The number of nitrogens with zero attached hydrogens (tertiary/aromatic N) is 1. The highest BCUT2D eigenvalue weighted by atomic mass is 16.5. The predicted molar refractivity (Wildman–Crippen MR) is 68.2 cm³/mol. The second-order valence-electron chi connectivity index (χ2n) is 4.53. The van der Waals surface area contributed by atoms with Gasteiger partial charge in [0.05, 0.1) is 7.11 Å². The van der Waals surface area contributed by atoms with Gasteiger partial charge in [-0.1, -0.05) is 19.3 Å². The number of ether oxygens (including phenoxy) is 1. The molecule has 0 radical (unpaired) electrons. The maximum absolute atomic E-state index is 11.1. The van der Waals surface area contributed by atoms with Gasteiger partial charge in [0.2, 0.25) is 5.88 Å². The number of pyridine rings is 1. The van der Waals surface area contributed by atoms with Gasteiger partial charge in [0.25, 0.3) is 0 Å². The molecule has 1 aliphatic carbocycles. The highest BCUT2D eigenvalue weighted by molar-refractivity contribution is 5.93. The van der Waals surface area contributed by atoms with Gasteiger partial charge in [0, 0.05) is 12.1 Å². The zero-order chi connectivity index (χ0) is 13.0. The van der Waals surface area contributed by atoms with Crippen molar-refractivity contribution in [3.8, 4) is 5.88 Å². The van der Waals surface area contributed by atoms with Crippen molar-refractivity contribution in [1.29, 1.82) is 0 Å². The molecule has 0 spiro atoms. The first-order valence-corrected chi connectivity index (χ1v) is 6.25. The molecule has 1 fully saturated rings. The summed E-state index contributed by atoms with van der Waals surface area (Å²) in [5.74, 6) is -0.129. The fourth-order valence-electron chi connectivity index (χ4n) is 2.28. The number of carboxylic acid groups (broad SMARTS) is 1. The fourth-order valence-corrected chi connectivity index (χ4v) is 2.28. The Morgan fingerprint density at radius 1 is 1.39 bits per heavy atom. The zero-order valence-electron chi connectivity index (χ0n) is 10.5. The molecule has 1 aromatic rings. The number of hydrogen-bond acceptors (Lipinski definition) is 4. The summed E-state index contributed by atoms with van der Waals surface area (Å²) >= 11 is 0. The zero-order valence-corrected chi connectivity index (χ0v) is 10.5. The van der Waals surface area contributed by atoms with Crippen LogP contribution in [0.5, 0.6) is 5.88 Å². The van der Waals surface area contributed by atoms with Gasteiger partial charge in [0.15, 0.2) is 0 Å². The number of anilines is 1. The van der Waals surface area contributed by atoms with Crippen molar-refractivity contribution >= 4 is 11.8 Å². The lowest BCUT2D eigenvalue weighted by molar-refractivity contribution is 0.0697. The summed E-state index contributed by atoms with van der Waals surface area (Å²) in [6.07, 6.45) is 5.76. The summed E-state index contributed by atoms with van der Waals surface area (Å²) < 4.78 is 5.03. The number of nitrogens with one attached hydrogen (secondary N) is 1. The van der Waals surface area contributed by atoms with E-state index in [-0.39, 0.29) is 5.56 Å². The normalized spacial score (nSPS) is 16.3. The quantitative estimate of drug-likeness (QED) is 0.859. The van der Waals surface area contributed by atoms with Crippen molar-refractivity contribution < 1.29 is 14.6 Å². The van der Waals surface area contributed by atoms with Crippen molar-refractivity contribution in [2.75, 3.05) is 12.4 Å². The van der Waals surface area contributed by atoms with E-state index in [1.54, 1.807) is 6.07 Å². The van der Waals surface area contributed by atoms with Crippen molar-refractivity contribution in [1.82, 2.24) is 4.98 Å². The smallest absolute Gasteiger partial charge is 0.339 e. The molecule has 2 N–H and O–H groups in total. The molecule has 1 heterocycles. The second kappa shape index (κ2) is 5.71. The van der Waals surface area contributed by atoms with Crippen LogP contribution in [-0.4, -0.2) is 29.2 Å². The Morgan fingerprint density at radius 3 is 2.72 bits per heavy atom. The molecule has 1 aromatic heterocycles. The number of hydrogen-bond donors (Lipinski definition) is 2. The third-order valence-electron chi connectivity index (χ3n) is 3.26. The topological polar surface area (TPSA) is 71.5 Å². The molecule has 5 nitrogen and oxygen atoms in total. The molecular formula is C13H18N2O3. The van der Waals surface area contributed by atoms with Crippen LogP contribution in [0.1, 0.15) is 42.5 Å². The van der Waals surface area contributed by atoms with Gasteiger partial charge in [-0.25, -0.2) is 4.79 Å². The predicted octanol–water partition coefficient (Wildman–Crippen LogP) is 2.53. The molecule has 0 unspecified atom stereocenters. The van der Waals surface area contributed by atoms with E-state index in [1.807, 2.05) is 0 Å². The van der Waals surface area contributed by atoms with E-state index in [1.165, 1.54) is 32.4 Å². The molecule has 0 aliphatic heterocycles. The van der Waals surface area contributed by atoms with E-state index in [0.717, 1.165) is 12.8 Å². The lowest BCUT2D eigenvalue weighted by Gasteiger charge is -2.24. The summed E-state index contributed by atoms with van der Waals surface area (Å²) in [5.41, 5.74) is 0.196. The lowest BCUT2D eigenvalue weighted by atomic mass is 9.95. The molecule has 0 aromatic carbocycles. The summed E-state index contributed by atoms with van der Waals surface area (Å²) in [7, 11) is 1.52. The molecule has 18 heavy (non-hydrogen) atoms. The Kier molecular flexibility index (Phi) is 4.02. The van der Waals surface area contributed by atoms with Gasteiger partial charge in [-0.05, 0) is 18.9 Å². The average Bonchev–Trinajstić information content (AvgIpc) is 2.39. The molecule has 5 heteroatoms. The third-order valence-corrected chi connectivity index (χ3v) is 3.26. The van der Waals surface area contributed by atoms with Crippen molar-refractivity contribution in [3.63, 3.8) is 0 Å². The molecule has 0 amide bonds. The van der Waals surface area contributed by atoms with E-state index in [9.17, 15) is 4.79 Å². The van der Waals surface area contributed by atoms with Crippen LogP contribution in [0.3, 0.4) is 0 Å². The van der Waals surface area contributed by atoms with Gasteiger partial charge < -0.3 is 15.2 Å². The molecular weight excluding hydrogens is 232 g/mol. The first-order valence-electron chi connectivity index (χ1n) is 6.25. The Balaban J connectivity index is 2.19. The molecule has 1 saturated carbocycles. The molecule has 98 valence electrons. The number of aromatic carboxylic acids is 1. The van der Waals surface area contributed by atoms with Gasteiger partial charge in [-0.3, -0.25) is 0 Å². The SMILES string of the molecule is COc1ccc(C(=O)O)c(NC2CCCCC2)n1. The van der Waals surface area contributed by atoms with Crippen LogP contribution < -0.4 is 10.1 Å². The molecule has 0 bridgehead atoms. The van der Waals surface area contributed by atoms with E-state index in [2.05, 4.69) is 10.3 Å². The fraction of sp³-hybridized carbons (Fsp3) is 0.538. The van der Waals surface area contributed by atoms with Crippen LogP contribution in [0.2, 0.25) is 0 Å². The summed E-state index contributed by atoms with van der Waals surface area (Å²) in [4.78, 5) is 15.3. The number of rotatable bonds is 4. The standard InChI is InChI=1S/C13H18N2O3/c1-18-11-8-7-10(13(16)17)12(15-11)14-9-5-3-2-4-6-9/h7-9H,2-6H2,1H3,(H,14,15)(H,16,17). The van der Waals surface area contributed by atoms with E-state index in [4.69, 9.17) is 9.84 Å². The van der Waals surface area contributed by atoms with Crippen LogP contribution in [-0.2, 0) is 0 Å². The van der Waals surface area contributed by atoms with Gasteiger partial charge in [-0.2, -0.15) is 4.98 Å².